The van der Waals surface area contributed by atoms with E-state index in [4.69, 9.17) is 11.6 Å². The van der Waals surface area contributed by atoms with E-state index in [0.29, 0.717) is 11.1 Å². The molecule has 0 saturated heterocycles. The number of fused-ring (bicyclic) bond motifs is 1. The highest BCUT2D eigenvalue weighted by atomic mass is 35.5. The summed E-state index contributed by atoms with van der Waals surface area (Å²) in [4.78, 5) is 12.2. The van der Waals surface area contributed by atoms with E-state index >= 15 is 0 Å². The third-order valence-corrected chi connectivity index (χ3v) is 3.13. The molecule has 1 aromatic carbocycles. The Bertz CT molecular complexity index is 414. The van der Waals surface area contributed by atoms with Crippen molar-refractivity contribution in [1.29, 1.82) is 0 Å². The topological polar surface area (TPSA) is 29.1 Å². The first kappa shape index (κ1) is 11.6. The first-order chi connectivity index (χ1) is 7.58. The predicted molar refractivity (Wildman–Crippen MR) is 66.2 cm³/mol. The van der Waals surface area contributed by atoms with Crippen LogP contribution in [0.4, 0.5) is 0 Å². The third-order valence-electron chi connectivity index (χ3n) is 2.89. The van der Waals surface area contributed by atoms with Crippen LogP contribution in [0.15, 0.2) is 18.2 Å². The Kier molecular flexibility index (Phi) is 3.31. The van der Waals surface area contributed by atoms with Crippen LogP contribution < -0.4 is 5.32 Å². The second-order valence-corrected chi connectivity index (χ2v) is 5.01. The summed E-state index contributed by atoms with van der Waals surface area (Å²) in [5.74, 6) is 0.178. The van der Waals surface area contributed by atoms with Crippen LogP contribution in [0.2, 0.25) is 5.02 Å². The highest BCUT2D eigenvalue weighted by Gasteiger charge is 2.27. The third kappa shape index (κ3) is 2.28. The van der Waals surface area contributed by atoms with Crippen LogP contribution in [0.3, 0.4) is 0 Å². The number of ketones is 1. The van der Waals surface area contributed by atoms with Crippen LogP contribution in [0.1, 0.15) is 36.2 Å². The maximum absolute atomic E-state index is 12.2. The van der Waals surface area contributed by atoms with Gasteiger partial charge >= 0.3 is 0 Å². The molecule has 3 heteroatoms. The number of Topliss-reactive ketones (excluding diaryl/α,β-unsaturated/α-hetero) is 1. The summed E-state index contributed by atoms with van der Waals surface area (Å²) in [5.41, 5.74) is 1.91. The minimum Gasteiger partial charge on any atom is -0.305 e. The fraction of sp³-hybridized carbons (Fsp3) is 0.462. The predicted octanol–water partition coefficient (Wildman–Crippen LogP) is 2.84. The second-order valence-electron chi connectivity index (χ2n) is 4.58. The molecule has 1 unspecified atom stereocenters. The number of carbonyl (C=O) groups is 1. The van der Waals surface area contributed by atoms with Crippen LogP contribution >= 0.6 is 11.6 Å². The fourth-order valence-corrected chi connectivity index (χ4v) is 2.35. The summed E-state index contributed by atoms with van der Waals surface area (Å²) < 4.78 is 0. The van der Waals surface area contributed by atoms with Crippen molar-refractivity contribution in [2.24, 2.45) is 0 Å². The lowest BCUT2D eigenvalue weighted by molar-refractivity contribution is 0.0922. The Labute approximate surface area is 101 Å². The average Bonchev–Trinajstić information content (AvgIpc) is 2.22. The SMILES string of the molecule is CC(C)NC1CCc2ccc(Cl)cc2C1=O. The van der Waals surface area contributed by atoms with Crippen LogP contribution in [0, 0.1) is 0 Å². The molecule has 1 aliphatic rings. The molecule has 0 spiro atoms. The van der Waals surface area contributed by atoms with E-state index in [0.717, 1.165) is 24.0 Å². The zero-order valence-electron chi connectivity index (χ0n) is 9.59. The first-order valence-electron chi connectivity index (χ1n) is 5.66. The standard InChI is InChI=1S/C13H16ClNO/c1-8(2)15-12-6-4-9-3-5-10(14)7-11(9)13(12)16/h3,5,7-8,12,15H,4,6H2,1-2H3. The lowest BCUT2D eigenvalue weighted by Crippen LogP contribution is -2.43. The van der Waals surface area contributed by atoms with Gasteiger partial charge in [-0.15, -0.1) is 0 Å². The molecular formula is C13H16ClNO. The summed E-state index contributed by atoms with van der Waals surface area (Å²) in [5, 5.41) is 3.94. The Morgan fingerprint density at radius 1 is 1.44 bits per heavy atom. The Balaban J connectivity index is 2.27. The molecule has 0 saturated carbocycles. The van der Waals surface area contributed by atoms with Gasteiger partial charge in [-0.1, -0.05) is 31.5 Å². The molecule has 0 amide bonds. The minimum absolute atomic E-state index is 0.0500. The molecule has 0 radical (unpaired) electrons. The average molecular weight is 238 g/mol. The van der Waals surface area contributed by atoms with Gasteiger partial charge in [-0.25, -0.2) is 0 Å². The highest BCUT2D eigenvalue weighted by molar-refractivity contribution is 6.31. The normalized spacial score (nSPS) is 20.0. The summed E-state index contributed by atoms with van der Waals surface area (Å²) in [6.45, 7) is 4.11. The number of rotatable bonds is 2. The number of carbonyl (C=O) groups excluding carboxylic acids is 1. The van der Waals surface area contributed by atoms with E-state index in [-0.39, 0.29) is 11.8 Å². The van der Waals surface area contributed by atoms with E-state index in [9.17, 15) is 4.79 Å². The lowest BCUT2D eigenvalue weighted by atomic mass is 9.87. The largest absolute Gasteiger partial charge is 0.305 e. The molecule has 2 nitrogen and oxygen atoms in total. The van der Waals surface area contributed by atoms with E-state index in [1.165, 1.54) is 0 Å². The maximum atomic E-state index is 12.2. The van der Waals surface area contributed by atoms with Crippen LogP contribution in [-0.4, -0.2) is 17.9 Å². The first-order valence-corrected chi connectivity index (χ1v) is 6.04. The van der Waals surface area contributed by atoms with Crippen molar-refractivity contribution in [3.05, 3.63) is 34.3 Å². The molecule has 0 heterocycles. The number of hydrogen-bond donors (Lipinski definition) is 1. The molecule has 1 atom stereocenters. The summed E-state index contributed by atoms with van der Waals surface area (Å²) in [6, 6.07) is 5.87. The Morgan fingerprint density at radius 2 is 2.19 bits per heavy atom. The molecule has 0 bridgehead atoms. The molecule has 1 aliphatic carbocycles. The number of benzene rings is 1. The maximum Gasteiger partial charge on any atom is 0.180 e. The van der Waals surface area contributed by atoms with Crippen molar-refractivity contribution in [1.82, 2.24) is 5.32 Å². The van der Waals surface area contributed by atoms with Crippen molar-refractivity contribution in [2.75, 3.05) is 0 Å². The zero-order valence-corrected chi connectivity index (χ0v) is 10.3. The van der Waals surface area contributed by atoms with E-state index in [2.05, 4.69) is 19.2 Å². The van der Waals surface area contributed by atoms with Gasteiger partial charge in [-0.05, 0) is 30.5 Å². The molecule has 0 aliphatic heterocycles. The fourth-order valence-electron chi connectivity index (χ4n) is 2.18. The van der Waals surface area contributed by atoms with Gasteiger partial charge in [0.1, 0.15) is 0 Å². The van der Waals surface area contributed by atoms with E-state index in [1.807, 2.05) is 12.1 Å². The molecule has 1 N–H and O–H groups in total. The van der Waals surface area contributed by atoms with Gasteiger partial charge in [0.15, 0.2) is 5.78 Å². The lowest BCUT2D eigenvalue weighted by Gasteiger charge is -2.26. The smallest absolute Gasteiger partial charge is 0.180 e. The monoisotopic (exact) mass is 237 g/mol. The van der Waals surface area contributed by atoms with Crippen LogP contribution in [0.25, 0.3) is 0 Å². The van der Waals surface area contributed by atoms with Gasteiger partial charge in [0.2, 0.25) is 0 Å². The van der Waals surface area contributed by atoms with Gasteiger partial charge in [0.25, 0.3) is 0 Å². The van der Waals surface area contributed by atoms with Gasteiger partial charge in [-0.2, -0.15) is 0 Å². The zero-order chi connectivity index (χ0) is 11.7. The Morgan fingerprint density at radius 3 is 2.88 bits per heavy atom. The summed E-state index contributed by atoms with van der Waals surface area (Å²) >= 11 is 5.92. The van der Waals surface area contributed by atoms with Crippen molar-refractivity contribution >= 4 is 17.4 Å². The van der Waals surface area contributed by atoms with Gasteiger partial charge in [0, 0.05) is 16.6 Å². The second kappa shape index (κ2) is 4.56. The van der Waals surface area contributed by atoms with Crippen molar-refractivity contribution < 1.29 is 4.79 Å². The number of aryl methyl sites for hydroxylation is 1. The number of nitrogens with one attached hydrogen (secondary N) is 1. The van der Waals surface area contributed by atoms with Crippen molar-refractivity contribution in [3.63, 3.8) is 0 Å². The van der Waals surface area contributed by atoms with Crippen molar-refractivity contribution in [2.45, 2.75) is 38.8 Å². The molecule has 1 aromatic rings. The van der Waals surface area contributed by atoms with E-state index in [1.54, 1.807) is 6.07 Å². The summed E-state index contributed by atoms with van der Waals surface area (Å²) in [7, 11) is 0. The molecule has 0 aromatic heterocycles. The number of hydrogen-bond acceptors (Lipinski definition) is 2. The van der Waals surface area contributed by atoms with Crippen molar-refractivity contribution in [3.8, 4) is 0 Å². The molecular weight excluding hydrogens is 222 g/mol. The molecule has 16 heavy (non-hydrogen) atoms. The highest BCUT2D eigenvalue weighted by Crippen LogP contribution is 2.24. The van der Waals surface area contributed by atoms with Crippen LogP contribution in [0.5, 0.6) is 0 Å². The van der Waals surface area contributed by atoms with Gasteiger partial charge < -0.3 is 5.32 Å². The molecule has 2 rings (SSSR count). The van der Waals surface area contributed by atoms with Gasteiger partial charge in [-0.3, -0.25) is 4.79 Å². The van der Waals surface area contributed by atoms with Gasteiger partial charge in [0.05, 0.1) is 6.04 Å². The van der Waals surface area contributed by atoms with E-state index < -0.39 is 0 Å². The molecule has 86 valence electrons. The minimum atomic E-state index is -0.0500. The quantitative estimate of drug-likeness (QED) is 0.857. The van der Waals surface area contributed by atoms with Crippen LogP contribution in [-0.2, 0) is 6.42 Å². The summed E-state index contributed by atoms with van der Waals surface area (Å²) in [6.07, 6.45) is 1.83. The Hall–Kier alpha value is -0.860. The molecule has 0 fully saturated rings. The number of halogens is 1.